The molecule has 1 atom stereocenters. The van der Waals surface area contributed by atoms with Crippen LogP contribution in [0.15, 0.2) is 83.0 Å². The number of unbranched alkanes of at least 4 members (excludes halogenated alkanes) is 2. The molecule has 4 rings (SSSR count). The molecule has 1 fully saturated rings. The lowest BCUT2D eigenvalue weighted by Gasteiger charge is -2.25. The van der Waals surface area contributed by atoms with Gasteiger partial charge in [0.2, 0.25) is 0 Å². The molecule has 6 heteroatoms. The highest BCUT2D eigenvalue weighted by atomic mass is 16.5. The highest BCUT2D eigenvalue weighted by Gasteiger charge is 2.46. The van der Waals surface area contributed by atoms with E-state index < -0.39 is 17.7 Å². The lowest BCUT2D eigenvalue weighted by atomic mass is 9.95. The Kier molecular flexibility index (Phi) is 6.93. The lowest BCUT2D eigenvalue weighted by molar-refractivity contribution is -0.140. The smallest absolute Gasteiger partial charge is 0.296 e. The average Bonchev–Trinajstić information content (AvgIpc) is 3.44. The first-order chi connectivity index (χ1) is 16.1. The van der Waals surface area contributed by atoms with E-state index in [4.69, 9.17) is 9.15 Å². The standard InChI is InChI=1S/C27H27NO5/c1-2-3-7-15-32-21-13-8-12-20(17-21)24-23(25(29)19-10-5-4-6-11-19)26(30)27(31)28(24)18-22-14-9-16-33-22/h4-6,8-14,16-17,24,29H,2-3,7,15,18H2,1H3/b25-23+. The van der Waals surface area contributed by atoms with Gasteiger partial charge in [-0.05, 0) is 36.2 Å². The third kappa shape index (κ3) is 4.85. The van der Waals surface area contributed by atoms with Crippen molar-refractivity contribution in [2.45, 2.75) is 38.8 Å². The number of furan rings is 1. The molecule has 1 aliphatic rings. The molecule has 1 saturated heterocycles. The second-order valence-corrected chi connectivity index (χ2v) is 8.00. The molecule has 1 unspecified atom stereocenters. The molecule has 0 bridgehead atoms. The van der Waals surface area contributed by atoms with Crippen LogP contribution in [0.25, 0.3) is 5.76 Å². The predicted molar refractivity (Wildman–Crippen MR) is 124 cm³/mol. The van der Waals surface area contributed by atoms with Crippen LogP contribution in [0.4, 0.5) is 0 Å². The van der Waals surface area contributed by atoms with Crippen LogP contribution in [0.1, 0.15) is 49.1 Å². The first-order valence-corrected chi connectivity index (χ1v) is 11.2. The zero-order chi connectivity index (χ0) is 23.2. The first-order valence-electron chi connectivity index (χ1n) is 11.2. The van der Waals surface area contributed by atoms with E-state index in [1.54, 1.807) is 36.4 Å². The maximum Gasteiger partial charge on any atom is 0.296 e. The summed E-state index contributed by atoms with van der Waals surface area (Å²) >= 11 is 0. The molecule has 1 aliphatic heterocycles. The van der Waals surface area contributed by atoms with Crippen molar-refractivity contribution in [2.24, 2.45) is 0 Å². The third-order valence-corrected chi connectivity index (χ3v) is 5.68. The summed E-state index contributed by atoms with van der Waals surface area (Å²) in [7, 11) is 0. The molecule has 6 nitrogen and oxygen atoms in total. The maximum absolute atomic E-state index is 13.1. The molecule has 0 aliphatic carbocycles. The van der Waals surface area contributed by atoms with Crippen LogP contribution in [0.3, 0.4) is 0 Å². The van der Waals surface area contributed by atoms with E-state index in [1.165, 1.54) is 11.2 Å². The molecular weight excluding hydrogens is 418 g/mol. The van der Waals surface area contributed by atoms with Gasteiger partial charge in [0.1, 0.15) is 17.3 Å². The lowest BCUT2D eigenvalue weighted by Crippen LogP contribution is -2.29. The van der Waals surface area contributed by atoms with Gasteiger partial charge >= 0.3 is 0 Å². The summed E-state index contributed by atoms with van der Waals surface area (Å²) < 4.78 is 11.3. The van der Waals surface area contributed by atoms with E-state index in [2.05, 4.69) is 6.92 Å². The Balaban J connectivity index is 1.75. The Bertz CT molecular complexity index is 1130. The number of hydrogen-bond acceptors (Lipinski definition) is 5. The number of carbonyl (C=O) groups excluding carboxylic acids is 2. The van der Waals surface area contributed by atoms with Crippen LogP contribution in [0.5, 0.6) is 5.75 Å². The minimum absolute atomic E-state index is 0.0564. The van der Waals surface area contributed by atoms with Crippen molar-refractivity contribution in [1.29, 1.82) is 0 Å². The molecule has 2 aromatic carbocycles. The Hall–Kier alpha value is -3.80. The number of rotatable bonds is 9. The van der Waals surface area contributed by atoms with Crippen LogP contribution in [0.2, 0.25) is 0 Å². The molecule has 0 spiro atoms. The van der Waals surface area contributed by atoms with Crippen LogP contribution in [-0.4, -0.2) is 28.3 Å². The number of ether oxygens (including phenoxy) is 1. The molecular formula is C27H27NO5. The molecule has 1 aromatic heterocycles. The van der Waals surface area contributed by atoms with E-state index in [-0.39, 0.29) is 17.9 Å². The van der Waals surface area contributed by atoms with Crippen molar-refractivity contribution in [1.82, 2.24) is 4.90 Å². The second kappa shape index (κ2) is 10.2. The number of hydrogen-bond donors (Lipinski definition) is 1. The summed E-state index contributed by atoms with van der Waals surface area (Å²) in [6, 6.07) is 18.8. The maximum atomic E-state index is 13.1. The largest absolute Gasteiger partial charge is 0.507 e. The summed E-state index contributed by atoms with van der Waals surface area (Å²) in [4.78, 5) is 27.6. The zero-order valence-corrected chi connectivity index (χ0v) is 18.6. The number of likely N-dealkylation sites (tertiary alicyclic amines) is 1. The number of aliphatic hydroxyl groups excluding tert-OH is 1. The topological polar surface area (TPSA) is 80.0 Å². The van der Waals surface area contributed by atoms with Crippen LogP contribution in [-0.2, 0) is 16.1 Å². The number of carbonyl (C=O) groups is 2. The Morgan fingerprint density at radius 1 is 1.03 bits per heavy atom. The number of ketones is 1. The van der Waals surface area contributed by atoms with Gasteiger partial charge in [-0.2, -0.15) is 0 Å². The summed E-state index contributed by atoms with van der Waals surface area (Å²) in [6.45, 7) is 2.83. The molecule has 0 saturated carbocycles. The normalized spacial score (nSPS) is 17.5. The summed E-state index contributed by atoms with van der Waals surface area (Å²) in [5.74, 6) is -0.388. The molecule has 1 N–H and O–H groups in total. The van der Waals surface area contributed by atoms with Crippen LogP contribution < -0.4 is 4.74 Å². The van der Waals surface area contributed by atoms with Gasteiger partial charge < -0.3 is 19.2 Å². The third-order valence-electron chi connectivity index (χ3n) is 5.68. The Morgan fingerprint density at radius 3 is 2.58 bits per heavy atom. The van der Waals surface area contributed by atoms with Crippen molar-refractivity contribution >= 4 is 17.4 Å². The zero-order valence-electron chi connectivity index (χ0n) is 18.6. The van der Waals surface area contributed by atoms with E-state index >= 15 is 0 Å². The van der Waals surface area contributed by atoms with Gasteiger partial charge in [-0.25, -0.2) is 0 Å². The molecule has 170 valence electrons. The predicted octanol–water partition coefficient (Wildman–Crippen LogP) is 5.47. The quantitative estimate of drug-likeness (QED) is 0.204. The number of amides is 1. The van der Waals surface area contributed by atoms with Crippen molar-refractivity contribution < 1.29 is 23.8 Å². The highest BCUT2D eigenvalue weighted by molar-refractivity contribution is 6.46. The van der Waals surface area contributed by atoms with E-state index in [9.17, 15) is 14.7 Å². The van der Waals surface area contributed by atoms with Gasteiger partial charge in [-0.1, -0.05) is 62.2 Å². The van der Waals surface area contributed by atoms with Gasteiger partial charge in [-0.15, -0.1) is 0 Å². The second-order valence-electron chi connectivity index (χ2n) is 8.00. The average molecular weight is 446 g/mol. The van der Waals surface area contributed by atoms with Crippen LogP contribution in [0, 0.1) is 0 Å². The van der Waals surface area contributed by atoms with E-state index in [1.807, 2.05) is 30.3 Å². The van der Waals surface area contributed by atoms with Crippen molar-refractivity contribution in [3.8, 4) is 5.75 Å². The molecule has 2 heterocycles. The van der Waals surface area contributed by atoms with Crippen LogP contribution >= 0.6 is 0 Å². The summed E-state index contributed by atoms with van der Waals surface area (Å²) in [6.07, 6.45) is 4.66. The fraction of sp³-hybridized carbons (Fsp3) is 0.259. The monoisotopic (exact) mass is 445 g/mol. The van der Waals surface area contributed by atoms with Crippen molar-refractivity contribution in [3.05, 3.63) is 95.5 Å². The fourth-order valence-corrected chi connectivity index (χ4v) is 4.03. The first kappa shape index (κ1) is 22.4. The summed E-state index contributed by atoms with van der Waals surface area (Å²) in [5.41, 5.74) is 1.22. The van der Waals surface area contributed by atoms with Gasteiger partial charge in [0, 0.05) is 5.56 Å². The van der Waals surface area contributed by atoms with Gasteiger partial charge in [-0.3, -0.25) is 9.59 Å². The van der Waals surface area contributed by atoms with E-state index in [0.717, 1.165) is 19.3 Å². The SMILES string of the molecule is CCCCCOc1cccc(C2/C(=C(\O)c3ccccc3)C(=O)C(=O)N2Cc2ccco2)c1. The van der Waals surface area contributed by atoms with E-state index in [0.29, 0.717) is 29.2 Å². The molecule has 3 aromatic rings. The number of nitrogens with zero attached hydrogens (tertiary/aromatic N) is 1. The minimum Gasteiger partial charge on any atom is -0.507 e. The molecule has 0 radical (unpaired) electrons. The number of Topliss-reactive ketones (excluding diaryl/α,β-unsaturated/α-hetero) is 1. The Labute approximate surface area is 193 Å². The fourth-order valence-electron chi connectivity index (χ4n) is 4.03. The van der Waals surface area contributed by atoms with Gasteiger partial charge in [0.05, 0.1) is 31.0 Å². The van der Waals surface area contributed by atoms with Crippen molar-refractivity contribution in [2.75, 3.05) is 6.61 Å². The highest BCUT2D eigenvalue weighted by Crippen LogP contribution is 2.41. The molecule has 1 amide bonds. The summed E-state index contributed by atoms with van der Waals surface area (Å²) in [5, 5.41) is 11.1. The molecule has 33 heavy (non-hydrogen) atoms. The Morgan fingerprint density at radius 2 is 1.85 bits per heavy atom. The number of benzene rings is 2. The minimum atomic E-state index is -0.769. The van der Waals surface area contributed by atoms with Gasteiger partial charge in [0.15, 0.2) is 0 Å². The van der Waals surface area contributed by atoms with Crippen molar-refractivity contribution in [3.63, 3.8) is 0 Å². The van der Waals surface area contributed by atoms with Gasteiger partial charge in [0.25, 0.3) is 11.7 Å². The number of aliphatic hydroxyl groups is 1.